The summed E-state index contributed by atoms with van der Waals surface area (Å²) in [5.74, 6) is -5.68. The molecule has 15 nitrogen and oxygen atoms in total. The van der Waals surface area contributed by atoms with Crippen LogP contribution in [0.15, 0.2) is 12.5 Å². The van der Waals surface area contributed by atoms with Crippen LogP contribution in [0.4, 0.5) is 0 Å². The number of nitrogens with zero attached hydrogens (tertiary/aromatic N) is 1. The van der Waals surface area contributed by atoms with Gasteiger partial charge >= 0.3 is 11.9 Å². The van der Waals surface area contributed by atoms with Crippen LogP contribution < -0.4 is 27.4 Å². The molecule has 1 aromatic heterocycles. The summed E-state index contributed by atoms with van der Waals surface area (Å²) in [5, 5.41) is 25.4. The van der Waals surface area contributed by atoms with Gasteiger partial charge in [-0.05, 0) is 25.2 Å². The van der Waals surface area contributed by atoms with E-state index in [1.54, 1.807) is 0 Å². The van der Waals surface area contributed by atoms with E-state index in [-0.39, 0.29) is 31.6 Å². The van der Waals surface area contributed by atoms with E-state index in [0.29, 0.717) is 12.1 Å². The average Bonchev–Trinajstić information content (AvgIpc) is 3.30. The minimum Gasteiger partial charge on any atom is -0.481 e. The quantitative estimate of drug-likeness (QED) is 0.111. The van der Waals surface area contributed by atoms with Crippen LogP contribution in [0.25, 0.3) is 0 Å². The number of amides is 4. The van der Waals surface area contributed by atoms with Gasteiger partial charge < -0.3 is 42.6 Å². The molecular weight excluding hydrogens is 490 g/mol. The summed E-state index contributed by atoms with van der Waals surface area (Å²) < 4.78 is 0. The van der Waals surface area contributed by atoms with E-state index in [4.69, 9.17) is 16.6 Å². The molecule has 15 heteroatoms. The fraction of sp³-hybridized carbons (Fsp3) is 0.591. The Hall–Kier alpha value is -4.01. The molecule has 4 amide bonds. The molecule has 37 heavy (non-hydrogen) atoms. The summed E-state index contributed by atoms with van der Waals surface area (Å²) in [5.41, 5.74) is 11.5. The normalized spacial score (nSPS) is 14.2. The number of primary amides is 1. The zero-order valence-electron chi connectivity index (χ0n) is 20.7. The van der Waals surface area contributed by atoms with Crippen LogP contribution >= 0.6 is 0 Å². The molecule has 4 unspecified atom stereocenters. The van der Waals surface area contributed by atoms with E-state index in [0.717, 1.165) is 0 Å². The second-order valence-corrected chi connectivity index (χ2v) is 8.98. The summed E-state index contributed by atoms with van der Waals surface area (Å²) in [6, 6.07) is -5.04. The van der Waals surface area contributed by atoms with Crippen LogP contribution in [0.3, 0.4) is 0 Å². The molecule has 4 atom stereocenters. The highest BCUT2D eigenvalue weighted by Gasteiger charge is 2.31. The standard InChI is InChI=1S/C22H35N7O8/c1-11(2)7-13(23)19(33)27-14(3-5-17(24)30)20(34)29-16(8-12-9-25-10-26-12)21(35)28-15(22(36)37)4-6-18(31)32/h9-11,13-16H,3-8,23H2,1-2H3,(H2,24,30)(H,25,26)(H,27,33)(H,28,35)(H,29,34)(H,31,32)(H,36,37). The monoisotopic (exact) mass is 525 g/mol. The minimum absolute atomic E-state index is 0.101. The Labute approximate surface area is 213 Å². The molecule has 0 aliphatic heterocycles. The Morgan fingerprint density at radius 1 is 0.919 bits per heavy atom. The number of carboxylic acids is 2. The molecule has 1 heterocycles. The Morgan fingerprint density at radius 2 is 1.49 bits per heavy atom. The van der Waals surface area contributed by atoms with Crippen LogP contribution in [-0.2, 0) is 35.2 Å². The van der Waals surface area contributed by atoms with Crippen molar-refractivity contribution in [1.29, 1.82) is 0 Å². The number of imidazole rings is 1. The van der Waals surface area contributed by atoms with Crippen molar-refractivity contribution < 1.29 is 39.0 Å². The summed E-state index contributed by atoms with van der Waals surface area (Å²) in [4.78, 5) is 78.8. The molecule has 1 aromatic rings. The smallest absolute Gasteiger partial charge is 0.326 e. The maximum Gasteiger partial charge on any atom is 0.326 e. The van der Waals surface area contributed by atoms with Gasteiger partial charge in [0.05, 0.1) is 12.4 Å². The summed E-state index contributed by atoms with van der Waals surface area (Å²) >= 11 is 0. The first-order chi connectivity index (χ1) is 17.3. The molecule has 0 fully saturated rings. The molecule has 10 N–H and O–H groups in total. The van der Waals surface area contributed by atoms with Crippen molar-refractivity contribution in [3.05, 3.63) is 18.2 Å². The third-order valence-corrected chi connectivity index (χ3v) is 5.25. The first kappa shape index (κ1) is 31.0. The predicted octanol–water partition coefficient (Wildman–Crippen LogP) is -2.01. The van der Waals surface area contributed by atoms with E-state index < -0.39 is 66.2 Å². The molecule has 0 saturated heterocycles. The van der Waals surface area contributed by atoms with Crippen LogP contribution in [0.2, 0.25) is 0 Å². The first-order valence-electron chi connectivity index (χ1n) is 11.7. The number of nitrogens with two attached hydrogens (primary N) is 2. The van der Waals surface area contributed by atoms with Crippen molar-refractivity contribution in [3.8, 4) is 0 Å². The van der Waals surface area contributed by atoms with Crippen molar-refractivity contribution in [1.82, 2.24) is 25.9 Å². The maximum absolute atomic E-state index is 13.1. The second-order valence-electron chi connectivity index (χ2n) is 8.98. The van der Waals surface area contributed by atoms with Crippen molar-refractivity contribution >= 4 is 35.6 Å². The van der Waals surface area contributed by atoms with E-state index in [1.807, 2.05) is 13.8 Å². The number of carbonyl (C=O) groups is 6. The largest absolute Gasteiger partial charge is 0.481 e. The summed E-state index contributed by atoms with van der Waals surface area (Å²) in [6.45, 7) is 3.73. The molecular formula is C22H35N7O8. The Bertz CT molecular complexity index is 951. The lowest BCUT2D eigenvalue weighted by Crippen LogP contribution is -2.57. The molecule has 0 spiro atoms. The van der Waals surface area contributed by atoms with Gasteiger partial charge in [-0.3, -0.25) is 24.0 Å². The third-order valence-electron chi connectivity index (χ3n) is 5.25. The van der Waals surface area contributed by atoms with Gasteiger partial charge in [0.2, 0.25) is 23.6 Å². The van der Waals surface area contributed by atoms with Gasteiger partial charge in [0.1, 0.15) is 18.1 Å². The Kier molecular flexibility index (Phi) is 12.7. The number of rotatable bonds is 17. The zero-order valence-corrected chi connectivity index (χ0v) is 20.7. The van der Waals surface area contributed by atoms with Gasteiger partial charge in [0, 0.05) is 31.2 Å². The SMILES string of the molecule is CC(C)CC(N)C(=O)NC(CCC(N)=O)C(=O)NC(Cc1cnc[nH]1)C(=O)NC(CCC(=O)O)C(=O)O. The van der Waals surface area contributed by atoms with Crippen LogP contribution in [0, 0.1) is 5.92 Å². The van der Waals surface area contributed by atoms with Gasteiger partial charge in [-0.2, -0.15) is 0 Å². The number of H-pyrrole nitrogens is 1. The molecule has 0 radical (unpaired) electrons. The average molecular weight is 526 g/mol. The van der Waals surface area contributed by atoms with Gasteiger partial charge in [-0.25, -0.2) is 9.78 Å². The number of hydrogen-bond donors (Lipinski definition) is 8. The lowest BCUT2D eigenvalue weighted by Gasteiger charge is -2.25. The maximum atomic E-state index is 13.1. The van der Waals surface area contributed by atoms with E-state index >= 15 is 0 Å². The van der Waals surface area contributed by atoms with E-state index in [9.17, 15) is 33.9 Å². The highest BCUT2D eigenvalue weighted by atomic mass is 16.4. The lowest BCUT2D eigenvalue weighted by atomic mass is 10.0. The molecule has 0 aromatic carbocycles. The predicted molar refractivity (Wildman–Crippen MR) is 128 cm³/mol. The number of carboxylic acid groups (broad SMARTS) is 2. The summed E-state index contributed by atoms with van der Waals surface area (Å²) in [7, 11) is 0. The third kappa shape index (κ3) is 12.0. The van der Waals surface area contributed by atoms with Crippen molar-refractivity contribution in [3.63, 3.8) is 0 Å². The van der Waals surface area contributed by atoms with Crippen LogP contribution in [-0.4, -0.2) is 79.9 Å². The molecule has 0 aliphatic carbocycles. The Morgan fingerprint density at radius 3 is 2.00 bits per heavy atom. The summed E-state index contributed by atoms with van der Waals surface area (Å²) in [6.07, 6.45) is 1.63. The zero-order chi connectivity index (χ0) is 28.1. The van der Waals surface area contributed by atoms with Crippen LogP contribution in [0.5, 0.6) is 0 Å². The highest BCUT2D eigenvalue weighted by Crippen LogP contribution is 2.07. The first-order valence-corrected chi connectivity index (χ1v) is 11.7. The second kappa shape index (κ2) is 15.2. The van der Waals surface area contributed by atoms with Crippen molar-refractivity contribution in [2.45, 2.75) is 76.5 Å². The van der Waals surface area contributed by atoms with Crippen LogP contribution in [0.1, 0.15) is 51.6 Å². The van der Waals surface area contributed by atoms with Crippen molar-refractivity contribution in [2.75, 3.05) is 0 Å². The van der Waals surface area contributed by atoms with Gasteiger partial charge in [0.15, 0.2) is 0 Å². The molecule has 0 bridgehead atoms. The minimum atomic E-state index is -1.52. The van der Waals surface area contributed by atoms with E-state index in [1.165, 1.54) is 12.5 Å². The number of aliphatic carboxylic acids is 2. The number of aromatic amines is 1. The molecule has 206 valence electrons. The fourth-order valence-corrected chi connectivity index (χ4v) is 3.34. The lowest BCUT2D eigenvalue weighted by molar-refractivity contribution is -0.143. The molecule has 0 saturated carbocycles. The van der Waals surface area contributed by atoms with E-state index in [2.05, 4.69) is 25.9 Å². The number of nitrogens with one attached hydrogen (secondary N) is 4. The van der Waals surface area contributed by atoms with Gasteiger partial charge in [-0.15, -0.1) is 0 Å². The highest BCUT2D eigenvalue weighted by molar-refractivity contribution is 5.94. The van der Waals surface area contributed by atoms with Crippen molar-refractivity contribution in [2.24, 2.45) is 17.4 Å². The Balaban J connectivity index is 3.08. The topological polar surface area (TPSA) is 260 Å². The van der Waals surface area contributed by atoms with Gasteiger partial charge in [0.25, 0.3) is 0 Å². The molecule has 0 aliphatic rings. The number of carbonyl (C=O) groups excluding carboxylic acids is 4. The van der Waals surface area contributed by atoms with Gasteiger partial charge in [-0.1, -0.05) is 13.8 Å². The molecule has 1 rings (SSSR count). The number of hydrogen-bond acceptors (Lipinski definition) is 8. The fourth-order valence-electron chi connectivity index (χ4n) is 3.34. The number of aromatic nitrogens is 2.